The van der Waals surface area contributed by atoms with Crippen molar-refractivity contribution < 1.29 is 5.11 Å². The molecule has 0 aliphatic rings. The highest BCUT2D eigenvalue weighted by Crippen LogP contribution is 2.21. The van der Waals surface area contributed by atoms with E-state index in [1.807, 2.05) is 18.3 Å². The first-order valence-electron chi connectivity index (χ1n) is 6.28. The molecular weight excluding hydrogens is 308 g/mol. The fraction of sp³-hybridized carbons (Fsp3) is 0.538. The van der Waals surface area contributed by atoms with Crippen LogP contribution in [0.3, 0.4) is 0 Å². The van der Waals surface area contributed by atoms with Gasteiger partial charge >= 0.3 is 0 Å². The Balaban J connectivity index is 2.00. The van der Waals surface area contributed by atoms with Crippen molar-refractivity contribution in [1.82, 2.24) is 14.6 Å². The van der Waals surface area contributed by atoms with Crippen LogP contribution in [0.2, 0.25) is 0 Å². The van der Waals surface area contributed by atoms with Gasteiger partial charge in [-0.3, -0.25) is 0 Å². The molecule has 6 heteroatoms. The van der Waals surface area contributed by atoms with Crippen molar-refractivity contribution in [3.05, 3.63) is 22.8 Å². The standard InChI is InChI=1S/C13H19BrN4O/c1-13(2,3)7-9(19)8-15-12-16-11-10(14)5-4-6-18(11)17-12/h4-6,9,19H,7-8H2,1-3H3,(H,15,17). The highest BCUT2D eigenvalue weighted by atomic mass is 79.9. The summed E-state index contributed by atoms with van der Waals surface area (Å²) in [6, 6.07) is 3.81. The number of hydrogen-bond acceptors (Lipinski definition) is 4. The Hall–Kier alpha value is -1.14. The van der Waals surface area contributed by atoms with Gasteiger partial charge in [0.15, 0.2) is 5.65 Å². The van der Waals surface area contributed by atoms with Gasteiger partial charge in [0.25, 0.3) is 0 Å². The average Bonchev–Trinajstić information content (AvgIpc) is 2.68. The number of anilines is 1. The minimum Gasteiger partial charge on any atom is -0.391 e. The third-order valence-corrected chi connectivity index (χ3v) is 3.28. The van der Waals surface area contributed by atoms with E-state index in [0.717, 1.165) is 16.5 Å². The highest BCUT2D eigenvalue weighted by Gasteiger charge is 2.17. The zero-order chi connectivity index (χ0) is 14.0. The van der Waals surface area contributed by atoms with Gasteiger partial charge in [0, 0.05) is 12.7 Å². The van der Waals surface area contributed by atoms with Gasteiger partial charge in [-0.1, -0.05) is 20.8 Å². The van der Waals surface area contributed by atoms with Crippen molar-refractivity contribution in [3.63, 3.8) is 0 Å². The molecule has 0 amide bonds. The fourth-order valence-electron chi connectivity index (χ4n) is 1.94. The lowest BCUT2D eigenvalue weighted by Crippen LogP contribution is -2.25. The molecule has 19 heavy (non-hydrogen) atoms. The minimum atomic E-state index is -0.407. The zero-order valence-corrected chi connectivity index (χ0v) is 13.0. The molecule has 2 N–H and O–H groups in total. The molecule has 0 spiro atoms. The molecule has 0 aliphatic carbocycles. The number of pyridine rings is 1. The summed E-state index contributed by atoms with van der Waals surface area (Å²) in [6.45, 7) is 6.77. The summed E-state index contributed by atoms with van der Waals surface area (Å²) in [7, 11) is 0. The first-order valence-corrected chi connectivity index (χ1v) is 7.07. The fourth-order valence-corrected chi connectivity index (χ4v) is 2.36. The summed E-state index contributed by atoms with van der Waals surface area (Å²) >= 11 is 3.43. The van der Waals surface area contributed by atoms with E-state index < -0.39 is 6.10 Å². The van der Waals surface area contributed by atoms with Crippen LogP contribution in [0.4, 0.5) is 5.95 Å². The van der Waals surface area contributed by atoms with E-state index in [0.29, 0.717) is 12.5 Å². The zero-order valence-electron chi connectivity index (χ0n) is 11.4. The SMILES string of the molecule is CC(C)(C)CC(O)CNc1nc2c(Br)cccn2n1. The van der Waals surface area contributed by atoms with Crippen LogP contribution in [-0.4, -0.2) is 32.4 Å². The lowest BCUT2D eigenvalue weighted by molar-refractivity contribution is 0.132. The smallest absolute Gasteiger partial charge is 0.243 e. The molecule has 0 saturated heterocycles. The summed E-state index contributed by atoms with van der Waals surface area (Å²) in [4.78, 5) is 4.36. The van der Waals surface area contributed by atoms with E-state index >= 15 is 0 Å². The maximum atomic E-state index is 9.94. The number of aliphatic hydroxyl groups excluding tert-OH is 1. The van der Waals surface area contributed by atoms with E-state index in [-0.39, 0.29) is 5.41 Å². The molecule has 0 bridgehead atoms. The largest absolute Gasteiger partial charge is 0.391 e. The Morgan fingerprint density at radius 2 is 2.21 bits per heavy atom. The van der Waals surface area contributed by atoms with E-state index in [2.05, 4.69) is 52.1 Å². The van der Waals surface area contributed by atoms with Crippen LogP contribution in [0, 0.1) is 5.41 Å². The van der Waals surface area contributed by atoms with Crippen molar-refractivity contribution >= 4 is 27.5 Å². The van der Waals surface area contributed by atoms with Crippen molar-refractivity contribution in [1.29, 1.82) is 0 Å². The molecule has 1 unspecified atom stereocenters. The number of aliphatic hydroxyl groups is 1. The Bertz CT molecular complexity index is 561. The molecule has 0 aliphatic heterocycles. The van der Waals surface area contributed by atoms with Crippen LogP contribution in [-0.2, 0) is 0 Å². The van der Waals surface area contributed by atoms with Crippen LogP contribution in [0.1, 0.15) is 27.2 Å². The second kappa shape index (κ2) is 5.46. The summed E-state index contributed by atoms with van der Waals surface area (Å²) < 4.78 is 2.59. The van der Waals surface area contributed by atoms with Crippen molar-refractivity contribution in [2.75, 3.05) is 11.9 Å². The molecule has 0 radical (unpaired) electrons. The quantitative estimate of drug-likeness (QED) is 0.906. The molecule has 2 aromatic heterocycles. The third kappa shape index (κ3) is 3.91. The lowest BCUT2D eigenvalue weighted by Gasteiger charge is -2.22. The Morgan fingerprint density at radius 3 is 2.84 bits per heavy atom. The molecule has 2 heterocycles. The molecule has 0 saturated carbocycles. The van der Waals surface area contributed by atoms with Gasteiger partial charge in [-0.05, 0) is 39.9 Å². The average molecular weight is 327 g/mol. The van der Waals surface area contributed by atoms with Gasteiger partial charge in [-0.15, -0.1) is 5.10 Å². The van der Waals surface area contributed by atoms with E-state index in [4.69, 9.17) is 0 Å². The second-order valence-corrected chi connectivity index (χ2v) is 6.71. The van der Waals surface area contributed by atoms with Crippen molar-refractivity contribution in [3.8, 4) is 0 Å². The molecule has 2 rings (SSSR count). The number of aromatic nitrogens is 3. The van der Waals surface area contributed by atoms with Gasteiger partial charge in [0.2, 0.25) is 5.95 Å². The number of nitrogens with one attached hydrogen (secondary N) is 1. The second-order valence-electron chi connectivity index (χ2n) is 5.86. The van der Waals surface area contributed by atoms with E-state index in [9.17, 15) is 5.11 Å². The van der Waals surface area contributed by atoms with Gasteiger partial charge in [0.05, 0.1) is 10.6 Å². The summed E-state index contributed by atoms with van der Waals surface area (Å²) in [6.07, 6.45) is 2.16. The molecule has 104 valence electrons. The van der Waals surface area contributed by atoms with Crippen LogP contribution in [0.25, 0.3) is 5.65 Å². The predicted molar refractivity (Wildman–Crippen MR) is 79.3 cm³/mol. The normalized spacial score (nSPS) is 13.7. The van der Waals surface area contributed by atoms with Gasteiger partial charge < -0.3 is 10.4 Å². The molecule has 5 nitrogen and oxygen atoms in total. The third-order valence-electron chi connectivity index (χ3n) is 2.66. The van der Waals surface area contributed by atoms with Crippen LogP contribution in [0.5, 0.6) is 0 Å². The Labute approximate surface area is 121 Å². The first-order chi connectivity index (χ1) is 8.85. The van der Waals surface area contributed by atoms with E-state index in [1.165, 1.54) is 0 Å². The number of hydrogen-bond donors (Lipinski definition) is 2. The molecule has 2 aromatic rings. The summed E-state index contributed by atoms with van der Waals surface area (Å²) in [5, 5.41) is 17.3. The van der Waals surface area contributed by atoms with Crippen LogP contribution < -0.4 is 5.32 Å². The molecule has 1 atom stereocenters. The van der Waals surface area contributed by atoms with Crippen molar-refractivity contribution in [2.24, 2.45) is 5.41 Å². The Morgan fingerprint density at radius 1 is 1.47 bits per heavy atom. The molecule has 0 aromatic carbocycles. The summed E-state index contributed by atoms with van der Waals surface area (Å²) in [5.74, 6) is 0.528. The topological polar surface area (TPSA) is 62.5 Å². The maximum absolute atomic E-state index is 9.94. The number of rotatable bonds is 4. The first kappa shape index (κ1) is 14.3. The van der Waals surface area contributed by atoms with E-state index in [1.54, 1.807) is 4.52 Å². The van der Waals surface area contributed by atoms with Crippen LogP contribution in [0.15, 0.2) is 22.8 Å². The van der Waals surface area contributed by atoms with Gasteiger partial charge in [0.1, 0.15) is 0 Å². The monoisotopic (exact) mass is 326 g/mol. The minimum absolute atomic E-state index is 0.108. The van der Waals surface area contributed by atoms with Crippen molar-refractivity contribution in [2.45, 2.75) is 33.3 Å². The molecular formula is C13H19BrN4O. The summed E-state index contributed by atoms with van der Waals surface area (Å²) in [5.41, 5.74) is 0.867. The highest BCUT2D eigenvalue weighted by molar-refractivity contribution is 9.10. The number of nitrogens with zero attached hydrogens (tertiary/aromatic N) is 3. The Kier molecular flexibility index (Phi) is 4.10. The number of fused-ring (bicyclic) bond motifs is 1. The number of halogens is 1. The van der Waals surface area contributed by atoms with Gasteiger partial charge in [-0.2, -0.15) is 4.98 Å². The maximum Gasteiger partial charge on any atom is 0.243 e. The lowest BCUT2D eigenvalue weighted by atomic mass is 9.89. The predicted octanol–water partition coefficient (Wildman–Crippen LogP) is 2.70. The molecule has 0 fully saturated rings. The van der Waals surface area contributed by atoms with Gasteiger partial charge in [-0.25, -0.2) is 4.52 Å². The van der Waals surface area contributed by atoms with Crippen LogP contribution >= 0.6 is 15.9 Å².